The first-order chi connectivity index (χ1) is 12.9. The van der Waals surface area contributed by atoms with Gasteiger partial charge in [0.2, 0.25) is 5.91 Å². The Morgan fingerprint density at radius 1 is 1.07 bits per heavy atom. The number of amides is 2. The van der Waals surface area contributed by atoms with Gasteiger partial charge in [-0.15, -0.1) is 0 Å². The van der Waals surface area contributed by atoms with E-state index in [1.165, 1.54) is 49.6 Å². The third-order valence-electron chi connectivity index (χ3n) is 3.33. The molecule has 0 bridgehead atoms. The van der Waals surface area contributed by atoms with Crippen molar-refractivity contribution in [3.63, 3.8) is 0 Å². The van der Waals surface area contributed by atoms with Crippen LogP contribution in [0.3, 0.4) is 0 Å². The number of methoxy groups -OCH3 is 1. The van der Waals surface area contributed by atoms with Crippen molar-refractivity contribution in [2.75, 3.05) is 25.6 Å². The number of nitrogens with one attached hydrogen (secondary N) is 2. The van der Waals surface area contributed by atoms with Crippen LogP contribution in [0.15, 0.2) is 42.5 Å². The summed E-state index contributed by atoms with van der Waals surface area (Å²) in [4.78, 5) is 35.2. The van der Waals surface area contributed by atoms with Crippen LogP contribution in [0.1, 0.15) is 10.4 Å². The van der Waals surface area contributed by atoms with E-state index in [0.29, 0.717) is 11.4 Å². The van der Waals surface area contributed by atoms with Crippen molar-refractivity contribution in [3.8, 4) is 11.5 Å². The van der Waals surface area contributed by atoms with Crippen LogP contribution in [0.2, 0.25) is 0 Å². The fourth-order valence-electron chi connectivity index (χ4n) is 1.99. The minimum Gasteiger partial charge on any atom is -0.507 e. The molecule has 0 aliphatic rings. The predicted octanol–water partition coefficient (Wildman–Crippen LogP) is 1.45. The Hall–Kier alpha value is -3.62. The number of carbonyl (C=O) groups excluding carboxylic acids is 3. The van der Waals surface area contributed by atoms with Crippen molar-refractivity contribution in [1.82, 2.24) is 5.32 Å². The summed E-state index contributed by atoms with van der Waals surface area (Å²) < 4.78 is 22.5. The number of halogens is 1. The van der Waals surface area contributed by atoms with Gasteiger partial charge in [0.1, 0.15) is 22.9 Å². The summed E-state index contributed by atoms with van der Waals surface area (Å²) in [6.07, 6.45) is 0. The number of benzene rings is 2. The van der Waals surface area contributed by atoms with Crippen LogP contribution < -0.4 is 15.4 Å². The molecule has 0 saturated heterocycles. The van der Waals surface area contributed by atoms with Gasteiger partial charge in [-0.25, -0.2) is 9.18 Å². The van der Waals surface area contributed by atoms with Gasteiger partial charge in [0.15, 0.2) is 6.61 Å². The van der Waals surface area contributed by atoms with E-state index in [0.717, 1.165) is 0 Å². The third kappa shape index (κ3) is 5.99. The van der Waals surface area contributed by atoms with E-state index in [1.807, 2.05) is 0 Å². The SMILES string of the molecule is COc1ccc(C(=O)OCC(=O)NCC(=O)Nc2ccc(F)cc2)c(O)c1. The molecule has 9 heteroatoms. The normalized spacial score (nSPS) is 10.0. The van der Waals surface area contributed by atoms with Crippen LogP contribution in [-0.2, 0) is 14.3 Å². The fourth-order valence-corrected chi connectivity index (χ4v) is 1.99. The molecule has 8 nitrogen and oxygen atoms in total. The number of anilines is 1. The molecule has 0 aliphatic carbocycles. The molecule has 2 aromatic rings. The number of esters is 1. The summed E-state index contributed by atoms with van der Waals surface area (Å²) >= 11 is 0. The van der Waals surface area contributed by atoms with E-state index in [1.54, 1.807) is 0 Å². The second-order valence-electron chi connectivity index (χ2n) is 5.29. The molecule has 0 saturated carbocycles. The van der Waals surface area contributed by atoms with E-state index >= 15 is 0 Å². The molecule has 0 unspecified atom stereocenters. The maximum atomic E-state index is 12.8. The van der Waals surface area contributed by atoms with Crippen molar-refractivity contribution in [2.24, 2.45) is 0 Å². The van der Waals surface area contributed by atoms with Crippen LogP contribution >= 0.6 is 0 Å². The molecule has 27 heavy (non-hydrogen) atoms. The second kappa shape index (κ2) is 9.18. The molecule has 0 fully saturated rings. The Balaban J connectivity index is 1.76. The maximum absolute atomic E-state index is 12.8. The van der Waals surface area contributed by atoms with E-state index in [9.17, 15) is 23.9 Å². The molecule has 2 aromatic carbocycles. The Bertz CT molecular complexity index is 838. The van der Waals surface area contributed by atoms with Gasteiger partial charge < -0.3 is 25.2 Å². The Morgan fingerprint density at radius 2 is 1.78 bits per heavy atom. The summed E-state index contributed by atoms with van der Waals surface area (Å²) in [5, 5.41) is 14.5. The quantitative estimate of drug-likeness (QED) is 0.631. The molecule has 0 atom stereocenters. The van der Waals surface area contributed by atoms with Crippen LogP contribution in [0.25, 0.3) is 0 Å². The van der Waals surface area contributed by atoms with Crippen LogP contribution in [0.4, 0.5) is 10.1 Å². The lowest BCUT2D eigenvalue weighted by molar-refractivity contribution is -0.126. The van der Waals surface area contributed by atoms with E-state index in [2.05, 4.69) is 10.6 Å². The molecular formula is C18H17FN2O6. The number of carbonyl (C=O) groups is 3. The zero-order valence-corrected chi connectivity index (χ0v) is 14.3. The number of phenols is 1. The highest BCUT2D eigenvalue weighted by molar-refractivity contribution is 5.96. The van der Waals surface area contributed by atoms with Crippen molar-refractivity contribution in [3.05, 3.63) is 53.8 Å². The van der Waals surface area contributed by atoms with Gasteiger partial charge in [-0.3, -0.25) is 9.59 Å². The minimum absolute atomic E-state index is 0.127. The van der Waals surface area contributed by atoms with Crippen molar-refractivity contribution >= 4 is 23.5 Å². The van der Waals surface area contributed by atoms with E-state index < -0.39 is 30.2 Å². The summed E-state index contributed by atoms with van der Waals surface area (Å²) in [6.45, 7) is -0.990. The zero-order chi connectivity index (χ0) is 19.8. The molecular weight excluding hydrogens is 359 g/mol. The summed E-state index contributed by atoms with van der Waals surface area (Å²) in [5.41, 5.74) is 0.245. The smallest absolute Gasteiger partial charge is 0.342 e. The van der Waals surface area contributed by atoms with Crippen molar-refractivity contribution < 1.29 is 33.4 Å². The molecule has 0 heterocycles. The van der Waals surface area contributed by atoms with Crippen LogP contribution in [0, 0.1) is 5.82 Å². The van der Waals surface area contributed by atoms with Gasteiger partial charge in [0.05, 0.1) is 13.7 Å². The van der Waals surface area contributed by atoms with Crippen molar-refractivity contribution in [1.29, 1.82) is 0 Å². The standard InChI is InChI=1S/C18H17FN2O6/c1-26-13-6-7-14(15(22)8-13)18(25)27-10-17(24)20-9-16(23)21-12-4-2-11(19)3-5-12/h2-8,22H,9-10H2,1H3,(H,20,24)(H,21,23). The number of aromatic hydroxyl groups is 1. The van der Waals surface area contributed by atoms with Crippen LogP contribution in [-0.4, -0.2) is 43.2 Å². The Labute approximate surface area is 153 Å². The monoisotopic (exact) mass is 376 g/mol. The summed E-state index contributed by atoms with van der Waals surface area (Å²) in [7, 11) is 1.41. The van der Waals surface area contributed by atoms with E-state index in [-0.39, 0.29) is 17.9 Å². The zero-order valence-electron chi connectivity index (χ0n) is 14.3. The molecule has 0 aliphatic heterocycles. The lowest BCUT2D eigenvalue weighted by atomic mass is 10.2. The molecule has 3 N–H and O–H groups in total. The average molecular weight is 376 g/mol. The fraction of sp³-hybridized carbons (Fsp3) is 0.167. The number of hydrogen-bond donors (Lipinski definition) is 3. The highest BCUT2D eigenvalue weighted by Crippen LogP contribution is 2.23. The number of phenolic OH excluding ortho intramolecular Hbond substituents is 1. The maximum Gasteiger partial charge on any atom is 0.342 e. The first-order valence-electron chi connectivity index (χ1n) is 7.75. The number of ether oxygens (including phenoxy) is 2. The predicted molar refractivity (Wildman–Crippen MR) is 93.0 cm³/mol. The van der Waals surface area contributed by atoms with Gasteiger partial charge in [0, 0.05) is 11.8 Å². The van der Waals surface area contributed by atoms with Gasteiger partial charge in [-0.2, -0.15) is 0 Å². The lowest BCUT2D eigenvalue weighted by Crippen LogP contribution is -2.35. The molecule has 0 aromatic heterocycles. The molecule has 0 spiro atoms. The Morgan fingerprint density at radius 3 is 2.41 bits per heavy atom. The van der Waals surface area contributed by atoms with Gasteiger partial charge in [-0.1, -0.05) is 0 Å². The first kappa shape index (κ1) is 19.7. The van der Waals surface area contributed by atoms with Crippen molar-refractivity contribution in [2.45, 2.75) is 0 Å². The topological polar surface area (TPSA) is 114 Å². The van der Waals surface area contributed by atoms with E-state index in [4.69, 9.17) is 9.47 Å². The molecule has 2 amide bonds. The molecule has 142 valence electrons. The number of rotatable bonds is 7. The highest BCUT2D eigenvalue weighted by atomic mass is 19.1. The van der Waals surface area contributed by atoms with Gasteiger partial charge in [0.25, 0.3) is 5.91 Å². The lowest BCUT2D eigenvalue weighted by Gasteiger charge is -2.09. The minimum atomic E-state index is -0.902. The van der Waals surface area contributed by atoms with Gasteiger partial charge in [-0.05, 0) is 36.4 Å². The summed E-state index contributed by atoms with van der Waals surface area (Å²) in [5.74, 6) is -2.57. The summed E-state index contributed by atoms with van der Waals surface area (Å²) in [6, 6.07) is 9.10. The third-order valence-corrected chi connectivity index (χ3v) is 3.33. The average Bonchev–Trinajstić information content (AvgIpc) is 2.66. The second-order valence-corrected chi connectivity index (χ2v) is 5.29. The first-order valence-corrected chi connectivity index (χ1v) is 7.75. The molecule has 2 rings (SSSR count). The Kier molecular flexibility index (Phi) is 6.70. The van der Waals surface area contributed by atoms with Gasteiger partial charge >= 0.3 is 5.97 Å². The molecule has 0 radical (unpaired) electrons. The largest absolute Gasteiger partial charge is 0.507 e. The number of hydrogen-bond acceptors (Lipinski definition) is 6. The highest BCUT2D eigenvalue weighted by Gasteiger charge is 2.15. The van der Waals surface area contributed by atoms with Crippen LogP contribution in [0.5, 0.6) is 11.5 Å².